The first-order valence-electron chi connectivity index (χ1n) is 9.98. The number of pyridine rings is 1. The van der Waals surface area contributed by atoms with Crippen molar-refractivity contribution in [3.63, 3.8) is 0 Å². The first-order valence-corrected chi connectivity index (χ1v) is 9.98. The molecule has 4 heteroatoms. The van der Waals surface area contributed by atoms with Gasteiger partial charge in [-0.25, -0.2) is 4.79 Å². The van der Waals surface area contributed by atoms with Gasteiger partial charge in [-0.15, -0.1) is 0 Å². The number of aromatic nitrogens is 1. The molecule has 0 aliphatic rings. The third kappa shape index (κ3) is 4.18. The number of aryl methyl sites for hydroxylation is 2. The van der Waals surface area contributed by atoms with Crippen molar-refractivity contribution < 1.29 is 9.53 Å². The van der Waals surface area contributed by atoms with Crippen molar-refractivity contribution in [2.24, 2.45) is 0 Å². The van der Waals surface area contributed by atoms with Gasteiger partial charge in [-0.2, -0.15) is 0 Å². The van der Waals surface area contributed by atoms with Gasteiger partial charge in [0.25, 0.3) is 5.56 Å². The second-order valence-corrected chi connectivity index (χ2v) is 7.29. The Morgan fingerprint density at radius 2 is 1.50 bits per heavy atom. The van der Waals surface area contributed by atoms with Crippen LogP contribution >= 0.6 is 0 Å². The fourth-order valence-corrected chi connectivity index (χ4v) is 3.75. The summed E-state index contributed by atoms with van der Waals surface area (Å²) in [6.45, 7) is 0.569. The number of rotatable bonds is 6. The zero-order valence-electron chi connectivity index (χ0n) is 16.9. The SMILES string of the molecule is COC(=O)c1ccc(CCc2ccc(Cn3ccccc3=O)cc2)c2ccccc12. The maximum atomic E-state index is 12.1. The van der Waals surface area contributed by atoms with Crippen molar-refractivity contribution in [3.8, 4) is 0 Å². The highest BCUT2D eigenvalue weighted by molar-refractivity contribution is 6.05. The Bertz CT molecular complexity index is 1240. The Labute approximate surface area is 175 Å². The van der Waals surface area contributed by atoms with Crippen molar-refractivity contribution in [1.82, 2.24) is 4.57 Å². The first-order chi connectivity index (χ1) is 14.7. The highest BCUT2D eigenvalue weighted by Gasteiger charge is 2.12. The lowest BCUT2D eigenvalue weighted by atomic mass is 9.95. The molecule has 0 amide bonds. The first kappa shape index (κ1) is 19.6. The Kier molecular flexibility index (Phi) is 5.75. The van der Waals surface area contributed by atoms with Gasteiger partial charge in [-0.05, 0) is 52.4 Å². The molecule has 0 saturated heterocycles. The molecule has 3 aromatic carbocycles. The van der Waals surface area contributed by atoms with E-state index in [1.807, 2.05) is 36.4 Å². The van der Waals surface area contributed by atoms with E-state index in [1.54, 1.807) is 22.9 Å². The Balaban J connectivity index is 1.50. The number of ether oxygens (including phenoxy) is 1. The van der Waals surface area contributed by atoms with Crippen LogP contribution in [0.2, 0.25) is 0 Å². The molecule has 0 saturated carbocycles. The quantitative estimate of drug-likeness (QED) is 0.446. The smallest absolute Gasteiger partial charge is 0.338 e. The van der Waals surface area contributed by atoms with Crippen LogP contribution in [0, 0.1) is 0 Å². The molecule has 0 atom stereocenters. The van der Waals surface area contributed by atoms with Crippen LogP contribution < -0.4 is 5.56 Å². The Morgan fingerprint density at radius 1 is 0.800 bits per heavy atom. The molecule has 0 unspecified atom stereocenters. The van der Waals surface area contributed by atoms with E-state index in [2.05, 4.69) is 30.3 Å². The average molecular weight is 397 g/mol. The van der Waals surface area contributed by atoms with Crippen LogP contribution in [0.5, 0.6) is 0 Å². The van der Waals surface area contributed by atoms with E-state index in [0.29, 0.717) is 12.1 Å². The fourth-order valence-electron chi connectivity index (χ4n) is 3.75. The molecule has 4 aromatic rings. The number of hydrogen-bond donors (Lipinski definition) is 0. The minimum absolute atomic E-state index is 0.00357. The monoisotopic (exact) mass is 397 g/mol. The fraction of sp³-hybridized carbons (Fsp3) is 0.154. The van der Waals surface area contributed by atoms with E-state index in [1.165, 1.54) is 18.2 Å². The minimum atomic E-state index is -0.314. The Hall–Kier alpha value is -3.66. The molecular formula is C26H23NO3. The van der Waals surface area contributed by atoms with Gasteiger partial charge in [0.2, 0.25) is 0 Å². The van der Waals surface area contributed by atoms with Crippen molar-refractivity contribution in [1.29, 1.82) is 0 Å². The molecule has 30 heavy (non-hydrogen) atoms. The molecule has 0 radical (unpaired) electrons. The second-order valence-electron chi connectivity index (χ2n) is 7.29. The minimum Gasteiger partial charge on any atom is -0.465 e. The predicted octanol–water partition coefficient (Wildman–Crippen LogP) is 4.62. The summed E-state index contributed by atoms with van der Waals surface area (Å²) in [7, 11) is 1.41. The number of benzene rings is 3. The topological polar surface area (TPSA) is 48.3 Å². The van der Waals surface area contributed by atoms with Crippen molar-refractivity contribution >= 4 is 16.7 Å². The molecule has 0 aliphatic carbocycles. The second kappa shape index (κ2) is 8.78. The van der Waals surface area contributed by atoms with Crippen LogP contribution in [-0.4, -0.2) is 17.6 Å². The van der Waals surface area contributed by atoms with Gasteiger partial charge in [0.05, 0.1) is 19.2 Å². The van der Waals surface area contributed by atoms with Gasteiger partial charge in [0, 0.05) is 12.3 Å². The van der Waals surface area contributed by atoms with Crippen LogP contribution in [0.3, 0.4) is 0 Å². The van der Waals surface area contributed by atoms with Gasteiger partial charge < -0.3 is 9.30 Å². The van der Waals surface area contributed by atoms with E-state index < -0.39 is 0 Å². The van der Waals surface area contributed by atoms with Crippen molar-refractivity contribution in [2.75, 3.05) is 7.11 Å². The number of esters is 1. The Morgan fingerprint density at radius 3 is 2.23 bits per heavy atom. The van der Waals surface area contributed by atoms with E-state index >= 15 is 0 Å². The molecule has 0 fully saturated rings. The van der Waals surface area contributed by atoms with Crippen LogP contribution in [0.1, 0.15) is 27.0 Å². The normalized spacial score (nSPS) is 10.8. The third-order valence-electron chi connectivity index (χ3n) is 5.38. The predicted molar refractivity (Wildman–Crippen MR) is 119 cm³/mol. The van der Waals surface area contributed by atoms with Crippen molar-refractivity contribution in [3.05, 3.63) is 118 Å². The summed E-state index contributed by atoms with van der Waals surface area (Å²) in [5, 5.41) is 2.01. The average Bonchev–Trinajstić information content (AvgIpc) is 2.79. The molecule has 4 rings (SSSR count). The van der Waals surface area contributed by atoms with Gasteiger partial charge in [0.1, 0.15) is 0 Å². The number of carbonyl (C=O) groups excluding carboxylic acids is 1. The van der Waals surface area contributed by atoms with E-state index in [0.717, 1.165) is 29.2 Å². The molecule has 0 bridgehead atoms. The summed E-state index contributed by atoms with van der Waals surface area (Å²) in [6, 6.07) is 25.4. The highest BCUT2D eigenvalue weighted by Crippen LogP contribution is 2.25. The third-order valence-corrected chi connectivity index (χ3v) is 5.38. The van der Waals surface area contributed by atoms with Crippen LogP contribution in [0.15, 0.2) is 89.9 Å². The molecule has 150 valence electrons. The lowest BCUT2D eigenvalue weighted by Crippen LogP contribution is -2.18. The number of fused-ring (bicyclic) bond motifs is 1. The number of hydrogen-bond acceptors (Lipinski definition) is 3. The highest BCUT2D eigenvalue weighted by atomic mass is 16.5. The van der Waals surface area contributed by atoms with Gasteiger partial charge in [0.15, 0.2) is 0 Å². The summed E-state index contributed by atoms with van der Waals surface area (Å²) in [6.07, 6.45) is 3.58. The van der Waals surface area contributed by atoms with Gasteiger partial charge in [-0.3, -0.25) is 4.79 Å². The summed E-state index contributed by atoms with van der Waals surface area (Å²) in [4.78, 5) is 23.9. The molecular weight excluding hydrogens is 374 g/mol. The van der Waals surface area contributed by atoms with E-state index in [4.69, 9.17) is 4.74 Å². The molecule has 0 aliphatic heterocycles. The number of carbonyl (C=O) groups is 1. The van der Waals surface area contributed by atoms with Crippen LogP contribution in [-0.2, 0) is 24.1 Å². The summed E-state index contributed by atoms with van der Waals surface area (Å²) in [5.74, 6) is -0.314. The maximum Gasteiger partial charge on any atom is 0.338 e. The lowest BCUT2D eigenvalue weighted by Gasteiger charge is -2.11. The van der Waals surface area contributed by atoms with Gasteiger partial charge >= 0.3 is 5.97 Å². The standard InChI is InChI=1S/C26H23NO3/c1-30-26(29)24-16-15-21(22-6-2-3-7-23(22)24)14-13-19-9-11-20(12-10-19)18-27-17-5-4-8-25(27)28/h2-12,15-17H,13-14,18H2,1H3. The van der Waals surface area contributed by atoms with Crippen molar-refractivity contribution in [2.45, 2.75) is 19.4 Å². The molecule has 4 nitrogen and oxygen atoms in total. The zero-order chi connectivity index (χ0) is 20.9. The summed E-state index contributed by atoms with van der Waals surface area (Å²) < 4.78 is 6.61. The maximum absolute atomic E-state index is 12.1. The molecule has 1 heterocycles. The molecule has 0 N–H and O–H groups in total. The number of nitrogens with zero attached hydrogens (tertiary/aromatic N) is 1. The zero-order valence-corrected chi connectivity index (χ0v) is 16.9. The number of methoxy groups -OCH3 is 1. The molecule has 0 spiro atoms. The van der Waals surface area contributed by atoms with Gasteiger partial charge in [-0.1, -0.05) is 60.7 Å². The largest absolute Gasteiger partial charge is 0.465 e. The lowest BCUT2D eigenvalue weighted by molar-refractivity contribution is 0.0603. The summed E-state index contributed by atoms with van der Waals surface area (Å²) >= 11 is 0. The van der Waals surface area contributed by atoms with E-state index in [9.17, 15) is 9.59 Å². The summed E-state index contributed by atoms with van der Waals surface area (Å²) in [5.41, 5.74) is 4.14. The molecule has 1 aromatic heterocycles. The van der Waals surface area contributed by atoms with Crippen LogP contribution in [0.25, 0.3) is 10.8 Å². The van der Waals surface area contributed by atoms with Crippen LogP contribution in [0.4, 0.5) is 0 Å². The van der Waals surface area contributed by atoms with E-state index in [-0.39, 0.29) is 11.5 Å².